The van der Waals surface area contributed by atoms with Crippen LogP contribution in [0.4, 0.5) is 0 Å². The van der Waals surface area contributed by atoms with Crippen molar-refractivity contribution in [1.82, 2.24) is 14.8 Å². The van der Waals surface area contributed by atoms with Gasteiger partial charge in [0, 0.05) is 12.3 Å². The minimum Gasteiger partial charge on any atom is -0.423 e. The first kappa shape index (κ1) is 10.7. The van der Waals surface area contributed by atoms with Crippen LogP contribution in [0.15, 0.2) is 29.2 Å². The van der Waals surface area contributed by atoms with E-state index in [0.29, 0.717) is 5.82 Å². The fourth-order valence-electron chi connectivity index (χ4n) is 1.37. The maximum atomic E-state index is 11.3. The first-order valence-corrected chi connectivity index (χ1v) is 4.69. The molecular formula is C9H10BN3O3. The highest BCUT2D eigenvalue weighted by Gasteiger charge is 2.13. The smallest absolute Gasteiger partial charge is 0.423 e. The topological polar surface area (TPSA) is 91.1 Å². The van der Waals surface area contributed by atoms with Gasteiger partial charge in [-0.2, -0.15) is 5.10 Å². The van der Waals surface area contributed by atoms with E-state index < -0.39 is 12.7 Å². The lowest BCUT2D eigenvalue weighted by Crippen LogP contribution is -2.34. The van der Waals surface area contributed by atoms with Crippen LogP contribution in [0, 0.1) is 6.92 Å². The molecule has 0 bridgehead atoms. The zero-order chi connectivity index (χ0) is 11.7. The van der Waals surface area contributed by atoms with Crippen molar-refractivity contribution in [2.75, 3.05) is 0 Å². The van der Waals surface area contributed by atoms with E-state index >= 15 is 0 Å². The molecular weight excluding hydrogens is 209 g/mol. The summed E-state index contributed by atoms with van der Waals surface area (Å²) in [7, 11) is -1.67. The first-order valence-electron chi connectivity index (χ1n) is 4.69. The molecule has 2 heterocycles. The lowest BCUT2D eigenvalue weighted by Gasteiger charge is -2.03. The quantitative estimate of drug-likeness (QED) is 0.539. The zero-order valence-electron chi connectivity index (χ0n) is 8.58. The molecule has 0 aliphatic rings. The van der Waals surface area contributed by atoms with Crippen molar-refractivity contribution in [3.8, 4) is 5.82 Å². The Morgan fingerprint density at radius 1 is 1.44 bits per heavy atom. The summed E-state index contributed by atoms with van der Waals surface area (Å²) in [5.74, 6) is 0.392. The summed E-state index contributed by atoms with van der Waals surface area (Å²) in [5.41, 5.74) is 0.524. The molecule has 0 aliphatic heterocycles. The number of rotatable bonds is 2. The molecule has 0 aromatic carbocycles. The van der Waals surface area contributed by atoms with Gasteiger partial charge in [0.2, 0.25) is 5.56 Å². The fraction of sp³-hybridized carbons (Fsp3) is 0.111. The highest BCUT2D eigenvalue weighted by atomic mass is 16.4. The van der Waals surface area contributed by atoms with Gasteiger partial charge in [-0.3, -0.25) is 4.79 Å². The van der Waals surface area contributed by atoms with Gasteiger partial charge in [-0.05, 0) is 24.5 Å². The van der Waals surface area contributed by atoms with E-state index in [9.17, 15) is 4.79 Å². The molecule has 2 aromatic rings. The monoisotopic (exact) mass is 219 g/mol. The van der Waals surface area contributed by atoms with Crippen molar-refractivity contribution >= 4 is 12.6 Å². The summed E-state index contributed by atoms with van der Waals surface area (Å²) in [6.45, 7) is 1.82. The molecule has 0 fully saturated rings. The number of hydrogen-bond donors (Lipinski definition) is 3. The van der Waals surface area contributed by atoms with Crippen LogP contribution in [-0.2, 0) is 0 Å². The lowest BCUT2D eigenvalue weighted by atomic mass is 9.81. The molecule has 0 saturated carbocycles. The Hall–Kier alpha value is -1.86. The Morgan fingerprint density at radius 3 is 2.75 bits per heavy atom. The van der Waals surface area contributed by atoms with Crippen molar-refractivity contribution in [3.05, 3.63) is 40.4 Å². The number of hydrogen-bond acceptors (Lipinski definition) is 4. The number of pyridine rings is 1. The molecule has 7 heteroatoms. The average Bonchev–Trinajstić information content (AvgIpc) is 2.64. The molecule has 0 saturated heterocycles. The zero-order valence-corrected chi connectivity index (χ0v) is 8.58. The van der Waals surface area contributed by atoms with Crippen LogP contribution in [0.3, 0.4) is 0 Å². The Labute approximate surface area is 91.3 Å². The van der Waals surface area contributed by atoms with E-state index in [1.807, 2.05) is 6.92 Å². The van der Waals surface area contributed by atoms with E-state index in [1.165, 1.54) is 10.7 Å². The second-order valence-electron chi connectivity index (χ2n) is 3.44. The molecule has 0 amide bonds. The summed E-state index contributed by atoms with van der Waals surface area (Å²) >= 11 is 0. The lowest BCUT2D eigenvalue weighted by molar-refractivity contribution is 0.425. The summed E-state index contributed by atoms with van der Waals surface area (Å²) in [4.78, 5) is 13.8. The number of nitrogens with zero attached hydrogens (tertiary/aromatic N) is 2. The number of H-pyrrole nitrogens is 1. The van der Waals surface area contributed by atoms with Gasteiger partial charge in [-0.1, -0.05) is 0 Å². The van der Waals surface area contributed by atoms with E-state index in [0.717, 1.165) is 11.8 Å². The maximum absolute atomic E-state index is 11.3. The van der Waals surface area contributed by atoms with E-state index in [4.69, 9.17) is 10.0 Å². The normalized spacial score (nSPS) is 10.4. The molecule has 0 spiro atoms. The molecule has 0 aliphatic carbocycles. The number of aromatic nitrogens is 3. The Balaban J connectivity index is 2.53. The van der Waals surface area contributed by atoms with Crippen LogP contribution in [0.1, 0.15) is 5.69 Å². The average molecular weight is 219 g/mol. The molecule has 16 heavy (non-hydrogen) atoms. The highest BCUT2D eigenvalue weighted by Crippen LogP contribution is 2.00. The SMILES string of the molecule is Cc1ccn(-c2cc(B(O)O)cc(=O)[nH]2)n1. The Bertz CT molecular complexity index is 561. The predicted molar refractivity (Wildman–Crippen MR) is 58.7 cm³/mol. The maximum Gasteiger partial charge on any atom is 0.488 e. The largest absolute Gasteiger partial charge is 0.488 e. The van der Waals surface area contributed by atoms with E-state index in [1.54, 1.807) is 12.3 Å². The van der Waals surface area contributed by atoms with Gasteiger partial charge in [-0.25, -0.2) is 4.68 Å². The number of aryl methyl sites for hydroxylation is 1. The Kier molecular flexibility index (Phi) is 2.63. The Morgan fingerprint density at radius 2 is 2.19 bits per heavy atom. The van der Waals surface area contributed by atoms with Crippen molar-refractivity contribution in [2.24, 2.45) is 0 Å². The predicted octanol–water partition coefficient (Wildman–Crippen LogP) is -1.45. The van der Waals surface area contributed by atoms with Crippen LogP contribution in [-0.4, -0.2) is 31.9 Å². The molecule has 0 atom stereocenters. The molecule has 2 aromatic heterocycles. The molecule has 0 unspecified atom stereocenters. The second-order valence-corrected chi connectivity index (χ2v) is 3.44. The summed E-state index contributed by atoms with van der Waals surface area (Å²) in [6.07, 6.45) is 1.67. The summed E-state index contributed by atoms with van der Waals surface area (Å²) in [6, 6.07) is 4.36. The third-order valence-electron chi connectivity index (χ3n) is 2.12. The van der Waals surface area contributed by atoms with Crippen LogP contribution < -0.4 is 11.0 Å². The van der Waals surface area contributed by atoms with E-state index in [2.05, 4.69) is 10.1 Å². The number of aromatic amines is 1. The van der Waals surface area contributed by atoms with Crippen LogP contribution in [0.5, 0.6) is 0 Å². The van der Waals surface area contributed by atoms with Crippen molar-refractivity contribution in [2.45, 2.75) is 6.92 Å². The first-order chi connectivity index (χ1) is 7.56. The molecule has 0 radical (unpaired) electrons. The van der Waals surface area contributed by atoms with Crippen molar-refractivity contribution in [1.29, 1.82) is 0 Å². The van der Waals surface area contributed by atoms with Gasteiger partial charge in [0.25, 0.3) is 0 Å². The molecule has 82 valence electrons. The van der Waals surface area contributed by atoms with Crippen molar-refractivity contribution in [3.63, 3.8) is 0 Å². The van der Waals surface area contributed by atoms with Gasteiger partial charge in [0.05, 0.1) is 5.69 Å². The minimum atomic E-state index is -1.67. The number of nitrogens with one attached hydrogen (secondary N) is 1. The van der Waals surface area contributed by atoms with Crippen LogP contribution >= 0.6 is 0 Å². The highest BCUT2D eigenvalue weighted by molar-refractivity contribution is 6.58. The summed E-state index contributed by atoms with van der Waals surface area (Å²) < 4.78 is 1.46. The van der Waals surface area contributed by atoms with Crippen LogP contribution in [0.25, 0.3) is 5.82 Å². The minimum absolute atomic E-state index is 0.131. The molecule has 6 nitrogen and oxygen atoms in total. The third kappa shape index (κ3) is 2.05. The molecule has 2 rings (SSSR count). The third-order valence-corrected chi connectivity index (χ3v) is 2.12. The van der Waals surface area contributed by atoms with E-state index in [-0.39, 0.29) is 5.46 Å². The fourth-order valence-corrected chi connectivity index (χ4v) is 1.37. The second kappa shape index (κ2) is 3.95. The molecule has 3 N–H and O–H groups in total. The van der Waals surface area contributed by atoms with Gasteiger partial charge in [0.15, 0.2) is 0 Å². The van der Waals surface area contributed by atoms with Crippen LogP contribution in [0.2, 0.25) is 0 Å². The van der Waals surface area contributed by atoms with Gasteiger partial charge in [-0.15, -0.1) is 0 Å². The van der Waals surface area contributed by atoms with Gasteiger partial charge in [0.1, 0.15) is 5.82 Å². The standard InChI is InChI=1S/C9H10BN3O3/c1-6-2-3-13(12-6)8-4-7(10(15)16)5-9(14)11-8/h2-5,15-16H,1H3,(H,11,14). The summed E-state index contributed by atoms with van der Waals surface area (Å²) in [5, 5.41) is 22.1. The van der Waals surface area contributed by atoms with Gasteiger partial charge < -0.3 is 15.0 Å². The van der Waals surface area contributed by atoms with Crippen molar-refractivity contribution < 1.29 is 10.0 Å². The van der Waals surface area contributed by atoms with Gasteiger partial charge >= 0.3 is 7.12 Å².